The topological polar surface area (TPSA) is 3.24 Å². The minimum Gasteiger partial charge on any atom is -0.300 e. The lowest BCUT2D eigenvalue weighted by molar-refractivity contribution is 0.0971. The Hall–Kier alpha value is -0.340. The summed E-state index contributed by atoms with van der Waals surface area (Å²) in [6.07, 6.45) is 5.62. The van der Waals surface area contributed by atoms with Gasteiger partial charge in [0.2, 0.25) is 0 Å². The normalized spacial score (nSPS) is 34.2. The molecular formula is C20H33NS. The van der Waals surface area contributed by atoms with E-state index in [1.54, 1.807) is 9.75 Å². The number of rotatable bonds is 2. The van der Waals surface area contributed by atoms with Crippen LogP contribution in [0.5, 0.6) is 0 Å². The van der Waals surface area contributed by atoms with Crippen LogP contribution in [0.2, 0.25) is 0 Å². The summed E-state index contributed by atoms with van der Waals surface area (Å²) in [7, 11) is 0. The number of nitrogens with zero attached hydrogens (tertiary/aromatic N) is 1. The van der Waals surface area contributed by atoms with Gasteiger partial charge in [-0.05, 0) is 61.0 Å². The third kappa shape index (κ3) is 3.59. The lowest BCUT2D eigenvalue weighted by Gasteiger charge is -2.39. The molecule has 1 aliphatic carbocycles. The fourth-order valence-corrected chi connectivity index (χ4v) is 5.75. The van der Waals surface area contributed by atoms with Gasteiger partial charge in [-0.2, -0.15) is 0 Å². The third-order valence-corrected chi connectivity index (χ3v) is 7.26. The number of piperidine rings is 1. The van der Waals surface area contributed by atoms with E-state index in [-0.39, 0.29) is 0 Å². The average Bonchev–Trinajstić information content (AvgIpc) is 3.06. The minimum atomic E-state index is 0.304. The SMILES string of the molecule is C[C@@H]1C[C@H](C)CN([C@@H]2CC[C@H](c3ccc(C(C)(C)C)s3)C2)C1. The van der Waals surface area contributed by atoms with Crippen LogP contribution >= 0.6 is 11.3 Å². The molecule has 4 atom stereocenters. The molecule has 2 fully saturated rings. The highest BCUT2D eigenvalue weighted by atomic mass is 32.1. The molecule has 0 unspecified atom stereocenters. The highest BCUT2D eigenvalue weighted by molar-refractivity contribution is 7.12. The summed E-state index contributed by atoms with van der Waals surface area (Å²) < 4.78 is 0. The van der Waals surface area contributed by atoms with Crippen LogP contribution in [-0.4, -0.2) is 24.0 Å². The smallest absolute Gasteiger partial charge is 0.0102 e. The van der Waals surface area contributed by atoms with Crippen LogP contribution in [0.15, 0.2) is 12.1 Å². The summed E-state index contributed by atoms with van der Waals surface area (Å²) >= 11 is 2.07. The highest BCUT2D eigenvalue weighted by Gasteiger charge is 2.34. The second kappa shape index (κ2) is 6.28. The van der Waals surface area contributed by atoms with E-state index in [0.717, 1.165) is 23.8 Å². The number of likely N-dealkylation sites (tertiary alicyclic amines) is 1. The van der Waals surface area contributed by atoms with Crippen molar-refractivity contribution in [2.75, 3.05) is 13.1 Å². The maximum absolute atomic E-state index is 2.82. The van der Waals surface area contributed by atoms with Crippen LogP contribution in [0.1, 0.15) is 76.0 Å². The highest BCUT2D eigenvalue weighted by Crippen LogP contribution is 2.42. The molecule has 2 heteroatoms. The first-order valence-corrected chi connectivity index (χ1v) is 9.99. The van der Waals surface area contributed by atoms with Crippen molar-refractivity contribution in [3.8, 4) is 0 Å². The molecule has 0 bridgehead atoms. The zero-order valence-corrected chi connectivity index (χ0v) is 15.9. The minimum absolute atomic E-state index is 0.304. The van der Waals surface area contributed by atoms with Gasteiger partial charge in [0.1, 0.15) is 0 Å². The Kier molecular flexibility index (Phi) is 4.71. The zero-order chi connectivity index (χ0) is 15.9. The molecule has 22 heavy (non-hydrogen) atoms. The van der Waals surface area contributed by atoms with Crippen molar-refractivity contribution in [2.24, 2.45) is 11.8 Å². The van der Waals surface area contributed by atoms with Gasteiger partial charge in [0.25, 0.3) is 0 Å². The molecule has 124 valence electrons. The van der Waals surface area contributed by atoms with Crippen molar-refractivity contribution in [3.63, 3.8) is 0 Å². The molecule has 1 nitrogen and oxygen atoms in total. The molecule has 1 saturated heterocycles. The van der Waals surface area contributed by atoms with Crippen LogP contribution < -0.4 is 0 Å². The molecule has 1 aromatic heterocycles. The van der Waals surface area contributed by atoms with E-state index in [9.17, 15) is 0 Å². The van der Waals surface area contributed by atoms with Gasteiger partial charge in [-0.3, -0.25) is 4.90 Å². The van der Waals surface area contributed by atoms with E-state index in [4.69, 9.17) is 0 Å². The molecule has 2 heterocycles. The van der Waals surface area contributed by atoms with E-state index < -0.39 is 0 Å². The second-order valence-corrected chi connectivity index (χ2v) is 10.1. The quantitative estimate of drug-likeness (QED) is 0.680. The number of hydrogen-bond donors (Lipinski definition) is 0. The summed E-state index contributed by atoms with van der Waals surface area (Å²) in [5, 5.41) is 0. The fourth-order valence-electron chi connectivity index (χ4n) is 4.53. The van der Waals surface area contributed by atoms with Crippen LogP contribution in [0.25, 0.3) is 0 Å². The van der Waals surface area contributed by atoms with Gasteiger partial charge in [0, 0.05) is 28.9 Å². The van der Waals surface area contributed by atoms with Gasteiger partial charge in [-0.25, -0.2) is 0 Å². The molecule has 0 N–H and O–H groups in total. The van der Waals surface area contributed by atoms with Crippen molar-refractivity contribution in [1.29, 1.82) is 0 Å². The van der Waals surface area contributed by atoms with E-state index >= 15 is 0 Å². The van der Waals surface area contributed by atoms with Gasteiger partial charge in [0.05, 0.1) is 0 Å². The van der Waals surface area contributed by atoms with Crippen LogP contribution in [0.3, 0.4) is 0 Å². The van der Waals surface area contributed by atoms with Gasteiger partial charge >= 0.3 is 0 Å². The summed E-state index contributed by atoms with van der Waals surface area (Å²) in [5.41, 5.74) is 0.304. The largest absolute Gasteiger partial charge is 0.300 e. The van der Waals surface area contributed by atoms with Gasteiger partial charge < -0.3 is 0 Å². The Labute approximate surface area is 141 Å². The molecule has 0 amide bonds. The zero-order valence-electron chi connectivity index (χ0n) is 15.1. The first kappa shape index (κ1) is 16.5. The van der Waals surface area contributed by atoms with Crippen LogP contribution in [0.4, 0.5) is 0 Å². The van der Waals surface area contributed by atoms with Gasteiger partial charge in [-0.1, -0.05) is 34.6 Å². The lowest BCUT2D eigenvalue weighted by Crippen LogP contribution is -2.44. The summed E-state index contributed by atoms with van der Waals surface area (Å²) in [6, 6.07) is 5.63. The molecule has 1 aromatic rings. The number of hydrogen-bond acceptors (Lipinski definition) is 2. The van der Waals surface area contributed by atoms with E-state index in [1.165, 1.54) is 38.8 Å². The molecule has 0 aromatic carbocycles. The first-order chi connectivity index (χ1) is 10.3. The first-order valence-electron chi connectivity index (χ1n) is 9.17. The fraction of sp³-hybridized carbons (Fsp3) is 0.800. The van der Waals surface area contributed by atoms with E-state index in [0.29, 0.717) is 5.41 Å². The Morgan fingerprint density at radius 3 is 2.27 bits per heavy atom. The average molecular weight is 320 g/mol. The van der Waals surface area contributed by atoms with Gasteiger partial charge in [-0.15, -0.1) is 11.3 Å². The predicted molar refractivity (Wildman–Crippen MR) is 97.9 cm³/mol. The monoisotopic (exact) mass is 319 g/mol. The molecule has 0 spiro atoms. The Morgan fingerprint density at radius 1 is 1.00 bits per heavy atom. The van der Waals surface area contributed by atoms with Crippen molar-refractivity contribution in [1.82, 2.24) is 4.90 Å². The van der Waals surface area contributed by atoms with Crippen molar-refractivity contribution < 1.29 is 0 Å². The molecule has 0 radical (unpaired) electrons. The van der Waals surface area contributed by atoms with Crippen LogP contribution in [-0.2, 0) is 5.41 Å². The summed E-state index contributed by atoms with van der Waals surface area (Å²) in [5.74, 6) is 2.59. The van der Waals surface area contributed by atoms with Gasteiger partial charge in [0.15, 0.2) is 0 Å². The standard InChI is InChI=1S/C20H33NS/c1-14-10-15(2)13-21(12-14)17-7-6-16(11-17)18-8-9-19(22-18)20(3,4)5/h8-9,14-17H,6-7,10-13H2,1-5H3/t14-,15+,16-,17+/m0/s1. The molecular weight excluding hydrogens is 286 g/mol. The third-order valence-electron chi connectivity index (χ3n) is 5.59. The predicted octanol–water partition coefficient (Wildman–Crippen LogP) is 5.66. The molecule has 1 saturated carbocycles. The number of thiophene rings is 1. The van der Waals surface area contributed by atoms with E-state index in [1.807, 2.05) is 0 Å². The molecule has 2 aliphatic rings. The Morgan fingerprint density at radius 2 is 1.68 bits per heavy atom. The Balaban J connectivity index is 1.63. The second-order valence-electron chi connectivity index (χ2n) is 9.02. The van der Waals surface area contributed by atoms with Crippen molar-refractivity contribution >= 4 is 11.3 Å². The van der Waals surface area contributed by atoms with E-state index in [2.05, 4.69) is 63.0 Å². The van der Waals surface area contributed by atoms with Crippen LogP contribution in [0, 0.1) is 11.8 Å². The maximum Gasteiger partial charge on any atom is 0.0102 e. The summed E-state index contributed by atoms with van der Waals surface area (Å²) in [4.78, 5) is 6.01. The molecule has 3 rings (SSSR count). The van der Waals surface area contributed by atoms with Crippen molar-refractivity contribution in [3.05, 3.63) is 21.9 Å². The molecule has 1 aliphatic heterocycles. The summed E-state index contributed by atoms with van der Waals surface area (Å²) in [6.45, 7) is 14.5. The lowest BCUT2D eigenvalue weighted by atomic mass is 9.90. The van der Waals surface area contributed by atoms with Crippen molar-refractivity contribution in [2.45, 2.75) is 77.7 Å². The Bertz CT molecular complexity index is 488. The maximum atomic E-state index is 2.82.